The van der Waals surface area contributed by atoms with E-state index in [-0.39, 0.29) is 12.1 Å². The summed E-state index contributed by atoms with van der Waals surface area (Å²) >= 11 is 5.99. The third kappa shape index (κ3) is 3.03. The maximum absolute atomic E-state index is 5.99. The van der Waals surface area contributed by atoms with Crippen LogP contribution in [0.2, 0.25) is 5.02 Å². The SMILES string of the molecule is CCN(C[C@H]1COC(N)=N1)c1cccc(Cl)c1. The largest absolute Gasteiger partial charge is 0.463 e. The number of likely N-dealkylation sites (N-methyl/N-ethyl adjacent to an activating group) is 1. The highest BCUT2D eigenvalue weighted by Gasteiger charge is 2.19. The number of halogens is 1. The minimum Gasteiger partial charge on any atom is -0.463 e. The Bertz CT molecular complexity index is 422. The van der Waals surface area contributed by atoms with Crippen molar-refractivity contribution in [1.29, 1.82) is 0 Å². The van der Waals surface area contributed by atoms with E-state index in [4.69, 9.17) is 22.1 Å². The Morgan fingerprint density at radius 2 is 2.41 bits per heavy atom. The topological polar surface area (TPSA) is 50.9 Å². The fraction of sp³-hybridized carbons (Fsp3) is 0.417. The number of rotatable bonds is 4. The van der Waals surface area contributed by atoms with Crippen molar-refractivity contribution in [2.75, 3.05) is 24.6 Å². The van der Waals surface area contributed by atoms with Crippen LogP contribution in [0.3, 0.4) is 0 Å². The standard InChI is InChI=1S/C12H16ClN3O/c1-2-16(7-10-8-17-12(14)15-10)11-5-3-4-9(13)6-11/h3-6,10H,2,7-8H2,1H3,(H2,14,15)/t10-/m0/s1. The number of anilines is 1. The van der Waals surface area contributed by atoms with Crippen molar-refractivity contribution < 1.29 is 4.74 Å². The second kappa shape index (κ2) is 5.27. The van der Waals surface area contributed by atoms with Gasteiger partial charge in [0, 0.05) is 23.8 Å². The first kappa shape index (κ1) is 12.0. The predicted molar refractivity (Wildman–Crippen MR) is 70.7 cm³/mol. The van der Waals surface area contributed by atoms with E-state index in [0.717, 1.165) is 23.8 Å². The molecular formula is C12H16ClN3O. The number of amidine groups is 1. The molecule has 0 bridgehead atoms. The Hall–Kier alpha value is -1.42. The molecule has 1 aliphatic heterocycles. The van der Waals surface area contributed by atoms with Gasteiger partial charge in [0.05, 0.1) is 0 Å². The van der Waals surface area contributed by atoms with E-state index >= 15 is 0 Å². The van der Waals surface area contributed by atoms with Crippen molar-refractivity contribution in [3.05, 3.63) is 29.3 Å². The quantitative estimate of drug-likeness (QED) is 0.892. The lowest BCUT2D eigenvalue weighted by Crippen LogP contribution is -2.32. The number of hydrogen-bond donors (Lipinski definition) is 1. The maximum atomic E-state index is 5.99. The summed E-state index contributed by atoms with van der Waals surface area (Å²) in [6.45, 7) is 4.34. The summed E-state index contributed by atoms with van der Waals surface area (Å²) in [6.07, 6.45) is 0. The Morgan fingerprint density at radius 3 is 3.00 bits per heavy atom. The maximum Gasteiger partial charge on any atom is 0.282 e. The van der Waals surface area contributed by atoms with Gasteiger partial charge in [-0.2, -0.15) is 0 Å². The molecule has 0 saturated heterocycles. The van der Waals surface area contributed by atoms with Gasteiger partial charge in [-0.15, -0.1) is 0 Å². The molecule has 2 N–H and O–H groups in total. The average Bonchev–Trinajstić information content (AvgIpc) is 2.72. The first-order chi connectivity index (χ1) is 8.19. The molecule has 92 valence electrons. The molecule has 0 aromatic heterocycles. The lowest BCUT2D eigenvalue weighted by molar-refractivity contribution is 0.313. The van der Waals surface area contributed by atoms with Crippen LogP contribution in [0.1, 0.15) is 6.92 Å². The predicted octanol–water partition coefficient (Wildman–Crippen LogP) is 1.88. The highest BCUT2D eigenvalue weighted by atomic mass is 35.5. The number of nitrogens with zero attached hydrogens (tertiary/aromatic N) is 2. The van der Waals surface area contributed by atoms with Gasteiger partial charge in [0.1, 0.15) is 12.6 Å². The van der Waals surface area contributed by atoms with Crippen molar-refractivity contribution in [1.82, 2.24) is 0 Å². The van der Waals surface area contributed by atoms with Crippen LogP contribution in [-0.4, -0.2) is 31.8 Å². The lowest BCUT2D eigenvalue weighted by Gasteiger charge is -2.24. The van der Waals surface area contributed by atoms with Gasteiger partial charge in [-0.25, -0.2) is 4.99 Å². The summed E-state index contributed by atoms with van der Waals surface area (Å²) in [5.74, 6) is 0. The summed E-state index contributed by atoms with van der Waals surface area (Å²) in [6, 6.07) is 8.20. The average molecular weight is 254 g/mol. The minimum atomic E-state index is 0.105. The summed E-state index contributed by atoms with van der Waals surface area (Å²) in [5, 5.41) is 0.742. The van der Waals surface area contributed by atoms with Crippen molar-refractivity contribution in [2.24, 2.45) is 10.7 Å². The number of aliphatic imine (C=N–C) groups is 1. The van der Waals surface area contributed by atoms with Crippen LogP contribution in [0.5, 0.6) is 0 Å². The van der Waals surface area contributed by atoms with E-state index in [1.807, 2.05) is 24.3 Å². The molecule has 0 saturated carbocycles. The molecule has 0 amide bonds. The van der Waals surface area contributed by atoms with Crippen LogP contribution in [0.25, 0.3) is 0 Å². The zero-order chi connectivity index (χ0) is 12.3. The monoisotopic (exact) mass is 253 g/mol. The van der Waals surface area contributed by atoms with Gasteiger partial charge < -0.3 is 15.4 Å². The first-order valence-corrected chi connectivity index (χ1v) is 6.03. The fourth-order valence-electron chi connectivity index (χ4n) is 1.87. The molecule has 5 heteroatoms. The van der Waals surface area contributed by atoms with Gasteiger partial charge in [0.25, 0.3) is 6.02 Å². The van der Waals surface area contributed by atoms with Crippen LogP contribution >= 0.6 is 11.6 Å². The summed E-state index contributed by atoms with van der Waals surface area (Å²) in [7, 11) is 0. The van der Waals surface area contributed by atoms with E-state index in [2.05, 4.69) is 16.8 Å². The Labute approximate surface area is 106 Å². The fourth-order valence-corrected chi connectivity index (χ4v) is 2.06. The van der Waals surface area contributed by atoms with E-state index in [1.54, 1.807) is 0 Å². The molecular weight excluding hydrogens is 238 g/mol. The Kier molecular flexibility index (Phi) is 3.74. The molecule has 0 radical (unpaired) electrons. The van der Waals surface area contributed by atoms with E-state index in [1.165, 1.54) is 0 Å². The second-order valence-electron chi connectivity index (χ2n) is 3.95. The number of benzene rings is 1. The molecule has 0 fully saturated rings. The van der Waals surface area contributed by atoms with Crippen molar-refractivity contribution in [3.63, 3.8) is 0 Å². The van der Waals surface area contributed by atoms with Gasteiger partial charge in [0.15, 0.2) is 0 Å². The van der Waals surface area contributed by atoms with Gasteiger partial charge >= 0.3 is 0 Å². The van der Waals surface area contributed by atoms with Gasteiger partial charge in [-0.1, -0.05) is 17.7 Å². The van der Waals surface area contributed by atoms with Crippen molar-refractivity contribution in [3.8, 4) is 0 Å². The summed E-state index contributed by atoms with van der Waals surface area (Å²) in [5.41, 5.74) is 6.59. The molecule has 1 aromatic rings. The highest BCUT2D eigenvalue weighted by Crippen LogP contribution is 2.20. The van der Waals surface area contributed by atoms with Gasteiger partial charge in [0.2, 0.25) is 0 Å². The Morgan fingerprint density at radius 1 is 1.59 bits per heavy atom. The van der Waals surface area contributed by atoms with Gasteiger partial charge in [-0.05, 0) is 25.1 Å². The van der Waals surface area contributed by atoms with Gasteiger partial charge in [-0.3, -0.25) is 0 Å². The molecule has 1 aromatic carbocycles. The van der Waals surface area contributed by atoms with Crippen LogP contribution in [0.15, 0.2) is 29.3 Å². The van der Waals surface area contributed by atoms with Crippen LogP contribution in [0.4, 0.5) is 5.69 Å². The first-order valence-electron chi connectivity index (χ1n) is 5.65. The Balaban J connectivity index is 2.06. The number of nitrogens with two attached hydrogens (primary N) is 1. The smallest absolute Gasteiger partial charge is 0.282 e. The summed E-state index contributed by atoms with van der Waals surface area (Å²) < 4.78 is 5.15. The zero-order valence-corrected chi connectivity index (χ0v) is 10.5. The van der Waals surface area contributed by atoms with Crippen molar-refractivity contribution in [2.45, 2.75) is 13.0 Å². The number of ether oxygens (including phenoxy) is 1. The normalized spacial score (nSPS) is 18.7. The molecule has 2 rings (SSSR count). The third-order valence-electron chi connectivity index (χ3n) is 2.72. The van der Waals surface area contributed by atoms with Crippen molar-refractivity contribution >= 4 is 23.3 Å². The third-order valence-corrected chi connectivity index (χ3v) is 2.95. The molecule has 1 aliphatic rings. The molecule has 17 heavy (non-hydrogen) atoms. The minimum absolute atomic E-state index is 0.105. The van der Waals surface area contributed by atoms with Crippen LogP contribution < -0.4 is 10.6 Å². The molecule has 0 unspecified atom stereocenters. The highest BCUT2D eigenvalue weighted by molar-refractivity contribution is 6.30. The van der Waals surface area contributed by atoms with E-state index in [9.17, 15) is 0 Å². The summed E-state index contributed by atoms with van der Waals surface area (Å²) in [4.78, 5) is 6.43. The lowest BCUT2D eigenvalue weighted by atomic mass is 10.2. The zero-order valence-electron chi connectivity index (χ0n) is 9.77. The molecule has 1 heterocycles. The van der Waals surface area contributed by atoms with E-state index < -0.39 is 0 Å². The molecule has 1 atom stereocenters. The molecule has 0 spiro atoms. The molecule has 0 aliphatic carbocycles. The second-order valence-corrected chi connectivity index (χ2v) is 4.39. The van der Waals surface area contributed by atoms with Crippen LogP contribution in [-0.2, 0) is 4.74 Å². The van der Waals surface area contributed by atoms with E-state index in [0.29, 0.717) is 6.61 Å². The number of hydrogen-bond acceptors (Lipinski definition) is 4. The van der Waals surface area contributed by atoms with Crippen LogP contribution in [0, 0.1) is 0 Å². The molecule has 4 nitrogen and oxygen atoms in total.